The largest absolute Gasteiger partial charge is 0.339 e. The minimum absolute atomic E-state index is 0.0156. The summed E-state index contributed by atoms with van der Waals surface area (Å²) in [7, 11) is 0. The number of carbonyl (C=O) groups is 1. The fourth-order valence-corrected chi connectivity index (χ4v) is 0.913. The fourth-order valence-electron chi connectivity index (χ4n) is 0.913. The van der Waals surface area contributed by atoms with Crippen molar-refractivity contribution in [2.45, 2.75) is 26.3 Å². The highest BCUT2D eigenvalue weighted by Crippen LogP contribution is 1.95. The Labute approximate surface area is 74.2 Å². The van der Waals surface area contributed by atoms with Crippen LogP contribution in [0.15, 0.2) is 12.7 Å². The number of amides is 1. The van der Waals surface area contributed by atoms with Crippen molar-refractivity contribution in [3.05, 3.63) is 12.7 Å². The zero-order valence-corrected chi connectivity index (χ0v) is 7.92. The molecule has 0 aliphatic carbocycles. The molecule has 0 aliphatic heterocycles. The molecule has 0 aliphatic rings. The Morgan fingerprint density at radius 3 is 2.67 bits per heavy atom. The molecule has 0 aromatic heterocycles. The van der Waals surface area contributed by atoms with Crippen LogP contribution in [0, 0.1) is 0 Å². The molecule has 0 saturated carbocycles. The van der Waals surface area contributed by atoms with Gasteiger partial charge in [-0.05, 0) is 26.3 Å². The highest BCUT2D eigenvalue weighted by atomic mass is 16.2. The second-order valence-corrected chi connectivity index (χ2v) is 2.89. The molecule has 0 aromatic rings. The number of carbonyl (C=O) groups excluding carboxylic acids is 1. The van der Waals surface area contributed by atoms with Gasteiger partial charge in [0.1, 0.15) is 0 Å². The Morgan fingerprint density at radius 2 is 2.33 bits per heavy atom. The summed E-state index contributed by atoms with van der Waals surface area (Å²) in [4.78, 5) is 12.9. The molecule has 0 rings (SSSR count). The lowest BCUT2D eigenvalue weighted by atomic mass is 10.2. The van der Waals surface area contributed by atoms with Gasteiger partial charge in [-0.25, -0.2) is 0 Å². The van der Waals surface area contributed by atoms with E-state index in [4.69, 9.17) is 5.73 Å². The lowest BCUT2D eigenvalue weighted by Gasteiger charge is -2.19. The Balaban J connectivity index is 3.83. The van der Waals surface area contributed by atoms with Gasteiger partial charge in [0.15, 0.2) is 0 Å². The molecule has 0 radical (unpaired) electrons. The zero-order chi connectivity index (χ0) is 9.56. The van der Waals surface area contributed by atoms with Crippen molar-refractivity contribution in [3.63, 3.8) is 0 Å². The van der Waals surface area contributed by atoms with Gasteiger partial charge < -0.3 is 10.6 Å². The van der Waals surface area contributed by atoms with Gasteiger partial charge in [0, 0.05) is 19.1 Å². The van der Waals surface area contributed by atoms with Gasteiger partial charge in [-0.15, -0.1) is 0 Å². The molecule has 3 heteroatoms. The molecule has 1 amide bonds. The van der Waals surface area contributed by atoms with Gasteiger partial charge in [0.25, 0.3) is 0 Å². The summed E-state index contributed by atoms with van der Waals surface area (Å²) in [6.45, 7) is 8.76. The molecule has 0 bridgehead atoms. The lowest BCUT2D eigenvalue weighted by Crippen LogP contribution is -2.33. The maximum Gasteiger partial charge on any atom is 0.245 e. The Morgan fingerprint density at radius 1 is 1.75 bits per heavy atom. The van der Waals surface area contributed by atoms with Crippen LogP contribution < -0.4 is 5.73 Å². The normalized spacial score (nSPS) is 12.2. The maximum atomic E-state index is 11.1. The molecule has 0 spiro atoms. The first-order valence-corrected chi connectivity index (χ1v) is 4.28. The van der Waals surface area contributed by atoms with E-state index in [9.17, 15) is 4.79 Å². The van der Waals surface area contributed by atoms with Gasteiger partial charge in [-0.3, -0.25) is 4.79 Å². The third kappa shape index (κ3) is 4.13. The van der Waals surface area contributed by atoms with Crippen molar-refractivity contribution >= 4 is 5.91 Å². The van der Waals surface area contributed by atoms with Gasteiger partial charge in [0.2, 0.25) is 5.91 Å². The van der Waals surface area contributed by atoms with Gasteiger partial charge in [0.05, 0.1) is 0 Å². The molecule has 1 atom stereocenters. The molecular weight excluding hydrogens is 152 g/mol. The fraction of sp³-hybridized carbons (Fsp3) is 0.667. The van der Waals surface area contributed by atoms with Crippen molar-refractivity contribution < 1.29 is 4.79 Å². The highest BCUT2D eigenvalue weighted by molar-refractivity contribution is 5.86. The topological polar surface area (TPSA) is 46.3 Å². The molecule has 0 aromatic carbocycles. The van der Waals surface area contributed by atoms with E-state index < -0.39 is 0 Å². The summed E-state index contributed by atoms with van der Waals surface area (Å²) >= 11 is 0. The van der Waals surface area contributed by atoms with Crippen LogP contribution in [0.2, 0.25) is 0 Å². The summed E-state index contributed by atoms with van der Waals surface area (Å²) in [5.74, 6) is -0.0156. The van der Waals surface area contributed by atoms with Crippen molar-refractivity contribution in [2.75, 3.05) is 13.1 Å². The Bertz CT molecular complexity index is 155. The molecule has 0 saturated heterocycles. The van der Waals surface area contributed by atoms with Crippen molar-refractivity contribution in [3.8, 4) is 0 Å². The second kappa shape index (κ2) is 5.77. The van der Waals surface area contributed by atoms with Crippen LogP contribution in [-0.2, 0) is 4.79 Å². The third-order valence-corrected chi connectivity index (χ3v) is 1.72. The van der Waals surface area contributed by atoms with Crippen molar-refractivity contribution in [2.24, 2.45) is 5.73 Å². The molecular formula is C9H18N2O. The number of hydrogen-bond acceptors (Lipinski definition) is 2. The predicted molar refractivity (Wildman–Crippen MR) is 50.7 cm³/mol. The van der Waals surface area contributed by atoms with Crippen LogP contribution in [0.25, 0.3) is 0 Å². The zero-order valence-electron chi connectivity index (χ0n) is 7.92. The molecule has 12 heavy (non-hydrogen) atoms. The van der Waals surface area contributed by atoms with Crippen LogP contribution in [0.1, 0.15) is 20.3 Å². The van der Waals surface area contributed by atoms with E-state index >= 15 is 0 Å². The smallest absolute Gasteiger partial charge is 0.245 e. The average Bonchev–Trinajstić information content (AvgIpc) is 2.04. The molecule has 2 N–H and O–H groups in total. The van der Waals surface area contributed by atoms with Crippen LogP contribution in [0.4, 0.5) is 0 Å². The molecule has 0 fully saturated rings. The summed E-state index contributed by atoms with van der Waals surface area (Å²) in [6.07, 6.45) is 2.18. The lowest BCUT2D eigenvalue weighted by molar-refractivity contribution is -0.125. The highest BCUT2D eigenvalue weighted by Gasteiger charge is 2.07. The molecule has 70 valence electrons. The number of hydrogen-bond donors (Lipinski definition) is 1. The van der Waals surface area contributed by atoms with Crippen LogP contribution >= 0.6 is 0 Å². The van der Waals surface area contributed by atoms with E-state index in [2.05, 4.69) is 6.58 Å². The SMILES string of the molecule is C=CC(=O)N(CC)CCC(C)N. The predicted octanol–water partition coefficient (Wildman–Crippen LogP) is 0.758. The van der Waals surface area contributed by atoms with Crippen LogP contribution in [-0.4, -0.2) is 29.9 Å². The Kier molecular flexibility index (Phi) is 5.37. The first-order chi connectivity index (χ1) is 5.61. The van der Waals surface area contributed by atoms with E-state index in [1.54, 1.807) is 4.90 Å². The monoisotopic (exact) mass is 170 g/mol. The van der Waals surface area contributed by atoms with Crippen molar-refractivity contribution in [1.82, 2.24) is 4.90 Å². The van der Waals surface area contributed by atoms with E-state index in [1.807, 2.05) is 13.8 Å². The number of likely N-dealkylation sites (N-methyl/N-ethyl adjacent to an activating group) is 1. The van der Waals surface area contributed by atoms with Crippen LogP contribution in [0.3, 0.4) is 0 Å². The number of nitrogens with two attached hydrogens (primary N) is 1. The number of rotatable bonds is 5. The van der Waals surface area contributed by atoms with E-state index in [0.29, 0.717) is 0 Å². The standard InChI is InChI=1S/C9H18N2O/c1-4-9(12)11(5-2)7-6-8(3)10/h4,8H,1,5-7,10H2,2-3H3. The second-order valence-electron chi connectivity index (χ2n) is 2.89. The third-order valence-electron chi connectivity index (χ3n) is 1.72. The van der Waals surface area contributed by atoms with E-state index in [1.165, 1.54) is 6.08 Å². The van der Waals surface area contributed by atoms with Crippen LogP contribution in [0.5, 0.6) is 0 Å². The number of nitrogens with zero attached hydrogens (tertiary/aromatic N) is 1. The minimum atomic E-state index is -0.0156. The van der Waals surface area contributed by atoms with Gasteiger partial charge >= 0.3 is 0 Å². The summed E-state index contributed by atoms with van der Waals surface area (Å²) in [6, 6.07) is 0.150. The van der Waals surface area contributed by atoms with Crippen molar-refractivity contribution in [1.29, 1.82) is 0 Å². The summed E-state index contributed by atoms with van der Waals surface area (Å²) in [5, 5.41) is 0. The first-order valence-electron chi connectivity index (χ1n) is 4.28. The van der Waals surface area contributed by atoms with E-state index in [-0.39, 0.29) is 11.9 Å². The molecule has 3 nitrogen and oxygen atoms in total. The Hall–Kier alpha value is -0.830. The summed E-state index contributed by atoms with van der Waals surface area (Å²) < 4.78 is 0. The quantitative estimate of drug-likeness (QED) is 0.619. The van der Waals surface area contributed by atoms with Gasteiger partial charge in [-0.1, -0.05) is 6.58 Å². The maximum absolute atomic E-state index is 11.1. The summed E-state index contributed by atoms with van der Waals surface area (Å²) in [5.41, 5.74) is 5.57. The first kappa shape index (κ1) is 11.2. The van der Waals surface area contributed by atoms with Gasteiger partial charge in [-0.2, -0.15) is 0 Å². The molecule has 0 heterocycles. The average molecular weight is 170 g/mol. The molecule has 1 unspecified atom stereocenters. The van der Waals surface area contributed by atoms with E-state index in [0.717, 1.165) is 19.5 Å². The minimum Gasteiger partial charge on any atom is -0.339 e.